The van der Waals surface area contributed by atoms with Crippen LogP contribution in [0.25, 0.3) is 0 Å². The normalized spacial score (nSPS) is 16.6. The first-order valence-electron chi connectivity index (χ1n) is 6.03. The molecular formula is C11H19N3O3S. The molecule has 1 heterocycles. The van der Waals surface area contributed by atoms with Crippen LogP contribution in [0.15, 0.2) is 0 Å². The average molecular weight is 273 g/mol. The minimum Gasteiger partial charge on any atom is -0.355 e. The quantitative estimate of drug-likeness (QED) is 0.724. The third kappa shape index (κ3) is 4.56. The standard InChI is InChI=1S/C11H19N3O3S/c1-3-12-10(16)8(2)13-9(15)4-5-14-6-7-18-11(14)17/h8H,3-7H2,1-2H3,(H,12,16)(H,13,15). The van der Waals surface area contributed by atoms with E-state index in [1.165, 1.54) is 11.8 Å². The van der Waals surface area contributed by atoms with E-state index in [9.17, 15) is 14.4 Å². The van der Waals surface area contributed by atoms with Crippen LogP contribution in [-0.4, -0.2) is 53.4 Å². The maximum atomic E-state index is 11.6. The molecule has 7 heteroatoms. The Balaban J connectivity index is 2.24. The summed E-state index contributed by atoms with van der Waals surface area (Å²) in [5, 5.41) is 5.27. The Morgan fingerprint density at radius 2 is 2.22 bits per heavy atom. The summed E-state index contributed by atoms with van der Waals surface area (Å²) in [6.45, 7) is 5.11. The molecule has 102 valence electrons. The highest BCUT2D eigenvalue weighted by Crippen LogP contribution is 2.16. The molecule has 0 aromatic heterocycles. The molecule has 2 N–H and O–H groups in total. The van der Waals surface area contributed by atoms with Crippen LogP contribution in [0.1, 0.15) is 20.3 Å². The molecule has 0 radical (unpaired) electrons. The van der Waals surface area contributed by atoms with Crippen molar-refractivity contribution in [3.05, 3.63) is 0 Å². The summed E-state index contributed by atoms with van der Waals surface area (Å²) in [5.41, 5.74) is 0. The Kier molecular flexibility index (Phi) is 5.97. The van der Waals surface area contributed by atoms with Crippen LogP contribution in [0.2, 0.25) is 0 Å². The summed E-state index contributed by atoms with van der Waals surface area (Å²) in [5.74, 6) is 0.382. The molecule has 0 aromatic carbocycles. The lowest BCUT2D eigenvalue weighted by Crippen LogP contribution is -2.45. The van der Waals surface area contributed by atoms with Crippen LogP contribution in [-0.2, 0) is 9.59 Å². The van der Waals surface area contributed by atoms with Gasteiger partial charge in [-0.2, -0.15) is 0 Å². The monoisotopic (exact) mass is 273 g/mol. The number of amides is 3. The van der Waals surface area contributed by atoms with E-state index in [1.807, 2.05) is 6.92 Å². The van der Waals surface area contributed by atoms with E-state index in [1.54, 1.807) is 11.8 Å². The SMILES string of the molecule is CCNC(=O)C(C)NC(=O)CCN1CCSC1=O. The lowest BCUT2D eigenvalue weighted by atomic mass is 10.3. The Hall–Kier alpha value is -1.24. The van der Waals surface area contributed by atoms with Gasteiger partial charge in [-0.15, -0.1) is 0 Å². The number of hydrogen-bond donors (Lipinski definition) is 2. The summed E-state index contributed by atoms with van der Waals surface area (Å²) < 4.78 is 0. The van der Waals surface area contributed by atoms with E-state index < -0.39 is 6.04 Å². The van der Waals surface area contributed by atoms with Crippen molar-refractivity contribution in [2.75, 3.05) is 25.4 Å². The van der Waals surface area contributed by atoms with Gasteiger partial charge in [0.15, 0.2) is 0 Å². The topological polar surface area (TPSA) is 78.5 Å². The maximum absolute atomic E-state index is 11.6. The number of nitrogens with one attached hydrogen (secondary N) is 2. The number of hydrogen-bond acceptors (Lipinski definition) is 4. The van der Waals surface area contributed by atoms with Gasteiger partial charge < -0.3 is 15.5 Å². The highest BCUT2D eigenvalue weighted by Gasteiger charge is 2.22. The van der Waals surface area contributed by atoms with Crippen molar-refractivity contribution >= 4 is 28.8 Å². The molecule has 0 bridgehead atoms. The fraction of sp³-hybridized carbons (Fsp3) is 0.727. The molecule has 1 aliphatic rings. The number of carbonyl (C=O) groups is 3. The van der Waals surface area contributed by atoms with Gasteiger partial charge in [-0.05, 0) is 13.8 Å². The average Bonchev–Trinajstić information content (AvgIpc) is 2.72. The third-order valence-corrected chi connectivity index (χ3v) is 3.47. The van der Waals surface area contributed by atoms with Gasteiger partial charge in [0.2, 0.25) is 11.8 Å². The van der Waals surface area contributed by atoms with Gasteiger partial charge in [-0.25, -0.2) is 0 Å². The van der Waals surface area contributed by atoms with Gasteiger partial charge in [0.1, 0.15) is 6.04 Å². The largest absolute Gasteiger partial charge is 0.355 e. The molecule has 1 atom stereocenters. The molecule has 0 aromatic rings. The molecule has 1 fully saturated rings. The minimum absolute atomic E-state index is 0.0274. The second kappa shape index (κ2) is 7.25. The molecule has 1 unspecified atom stereocenters. The highest BCUT2D eigenvalue weighted by atomic mass is 32.2. The predicted molar refractivity (Wildman–Crippen MR) is 70.3 cm³/mol. The van der Waals surface area contributed by atoms with Crippen molar-refractivity contribution in [2.24, 2.45) is 0 Å². The zero-order chi connectivity index (χ0) is 13.5. The van der Waals surface area contributed by atoms with Crippen LogP contribution in [0.4, 0.5) is 4.79 Å². The molecule has 18 heavy (non-hydrogen) atoms. The molecule has 0 saturated carbocycles. The first-order chi connectivity index (χ1) is 8.54. The van der Waals surface area contributed by atoms with E-state index in [0.717, 1.165) is 5.75 Å². The van der Waals surface area contributed by atoms with Gasteiger partial charge in [-0.3, -0.25) is 14.4 Å². The summed E-state index contributed by atoms with van der Waals surface area (Å²) >= 11 is 1.27. The lowest BCUT2D eigenvalue weighted by molar-refractivity contribution is -0.128. The summed E-state index contributed by atoms with van der Waals surface area (Å²) in [7, 11) is 0. The number of carbonyl (C=O) groups excluding carboxylic acids is 3. The second-order valence-corrected chi connectivity index (χ2v) is 5.08. The summed E-state index contributed by atoms with van der Waals surface area (Å²) in [4.78, 5) is 35.9. The van der Waals surface area contributed by atoms with E-state index in [4.69, 9.17) is 0 Å². The summed E-state index contributed by atoms with van der Waals surface area (Å²) in [6.07, 6.45) is 0.232. The predicted octanol–water partition coefficient (Wildman–Crippen LogP) is 0.186. The van der Waals surface area contributed by atoms with Gasteiger partial charge in [0.05, 0.1) is 0 Å². The maximum Gasteiger partial charge on any atom is 0.281 e. The molecule has 0 spiro atoms. The molecular weight excluding hydrogens is 254 g/mol. The van der Waals surface area contributed by atoms with E-state index in [2.05, 4.69) is 10.6 Å². The lowest BCUT2D eigenvalue weighted by Gasteiger charge is -2.16. The van der Waals surface area contributed by atoms with Gasteiger partial charge in [0, 0.05) is 31.8 Å². The Bertz CT molecular complexity index is 335. The number of thioether (sulfide) groups is 1. The molecule has 1 saturated heterocycles. The van der Waals surface area contributed by atoms with Crippen LogP contribution in [0.5, 0.6) is 0 Å². The third-order valence-electron chi connectivity index (χ3n) is 2.58. The van der Waals surface area contributed by atoms with Gasteiger partial charge >= 0.3 is 0 Å². The Labute approximate surface area is 111 Å². The number of nitrogens with zero attached hydrogens (tertiary/aromatic N) is 1. The first kappa shape index (κ1) is 14.8. The number of rotatable bonds is 6. The van der Waals surface area contributed by atoms with Crippen molar-refractivity contribution in [3.8, 4) is 0 Å². The van der Waals surface area contributed by atoms with Crippen molar-refractivity contribution in [2.45, 2.75) is 26.3 Å². The van der Waals surface area contributed by atoms with Gasteiger partial charge in [-0.1, -0.05) is 11.8 Å². The number of likely N-dealkylation sites (N-methyl/N-ethyl adjacent to an activating group) is 1. The van der Waals surface area contributed by atoms with Gasteiger partial charge in [0.25, 0.3) is 5.24 Å². The fourth-order valence-electron chi connectivity index (χ4n) is 1.57. The van der Waals surface area contributed by atoms with E-state index in [0.29, 0.717) is 19.6 Å². The van der Waals surface area contributed by atoms with Crippen LogP contribution in [0, 0.1) is 0 Å². The van der Waals surface area contributed by atoms with E-state index in [-0.39, 0.29) is 23.5 Å². The summed E-state index contributed by atoms with van der Waals surface area (Å²) in [6, 6.07) is -0.541. The zero-order valence-corrected chi connectivity index (χ0v) is 11.5. The fourth-order valence-corrected chi connectivity index (χ4v) is 2.42. The first-order valence-corrected chi connectivity index (χ1v) is 7.02. The van der Waals surface area contributed by atoms with Crippen molar-refractivity contribution in [1.82, 2.24) is 15.5 Å². The smallest absolute Gasteiger partial charge is 0.281 e. The minimum atomic E-state index is -0.541. The van der Waals surface area contributed by atoms with Crippen LogP contribution >= 0.6 is 11.8 Å². The van der Waals surface area contributed by atoms with Crippen molar-refractivity contribution in [3.63, 3.8) is 0 Å². The molecule has 1 rings (SSSR count). The highest BCUT2D eigenvalue weighted by molar-refractivity contribution is 8.13. The molecule has 6 nitrogen and oxygen atoms in total. The van der Waals surface area contributed by atoms with Crippen molar-refractivity contribution in [1.29, 1.82) is 0 Å². The molecule has 0 aliphatic carbocycles. The molecule has 3 amide bonds. The van der Waals surface area contributed by atoms with Crippen LogP contribution in [0.3, 0.4) is 0 Å². The Morgan fingerprint density at radius 1 is 1.50 bits per heavy atom. The van der Waals surface area contributed by atoms with E-state index >= 15 is 0 Å². The zero-order valence-electron chi connectivity index (χ0n) is 10.7. The van der Waals surface area contributed by atoms with Crippen LogP contribution < -0.4 is 10.6 Å². The Morgan fingerprint density at radius 3 is 2.78 bits per heavy atom. The van der Waals surface area contributed by atoms with Crippen molar-refractivity contribution < 1.29 is 14.4 Å². The second-order valence-electron chi connectivity index (χ2n) is 4.04. The molecule has 1 aliphatic heterocycles.